The van der Waals surface area contributed by atoms with E-state index in [1.165, 1.54) is 0 Å². The summed E-state index contributed by atoms with van der Waals surface area (Å²) < 4.78 is 5.83. The number of hydrogen-bond acceptors (Lipinski definition) is 6. The summed E-state index contributed by atoms with van der Waals surface area (Å²) in [5, 5.41) is 11.3. The molecule has 1 unspecified atom stereocenters. The molecule has 7 heteroatoms. The highest BCUT2D eigenvalue weighted by atomic mass is 16.6. The van der Waals surface area contributed by atoms with E-state index in [1.807, 2.05) is 25.7 Å². The Morgan fingerprint density at radius 1 is 1.55 bits per heavy atom. The number of nitrogen functional groups attached to an aromatic ring is 1. The summed E-state index contributed by atoms with van der Waals surface area (Å²) in [6, 6.07) is 5.09. The summed E-state index contributed by atoms with van der Waals surface area (Å²) in [6.07, 6.45) is 0.00726. The number of ether oxygens (including phenoxy) is 1. The second-order valence-corrected chi connectivity index (χ2v) is 5.64. The number of nitrogens with one attached hydrogen (secondary N) is 1. The van der Waals surface area contributed by atoms with Crippen molar-refractivity contribution >= 4 is 17.1 Å². The van der Waals surface area contributed by atoms with Gasteiger partial charge in [0.05, 0.1) is 16.6 Å². The lowest BCUT2D eigenvalue weighted by Gasteiger charge is -2.42. The van der Waals surface area contributed by atoms with Crippen molar-refractivity contribution in [3.05, 3.63) is 28.3 Å². The number of nitro benzene ring substituents is 1. The number of nitrogens with two attached hydrogens (primary N) is 1. The molecule has 0 saturated carbocycles. The van der Waals surface area contributed by atoms with E-state index in [9.17, 15) is 10.1 Å². The van der Waals surface area contributed by atoms with Crippen LogP contribution in [0.3, 0.4) is 0 Å². The maximum Gasteiger partial charge on any atom is 0.316 e. The lowest BCUT2D eigenvalue weighted by molar-refractivity contribution is -0.383. The van der Waals surface area contributed by atoms with E-state index in [1.54, 1.807) is 18.2 Å². The van der Waals surface area contributed by atoms with E-state index < -0.39 is 4.92 Å². The van der Waals surface area contributed by atoms with Crippen LogP contribution < -0.4 is 16.2 Å². The molecule has 3 N–H and O–H groups in total. The van der Waals surface area contributed by atoms with Crippen molar-refractivity contribution in [2.75, 3.05) is 23.4 Å². The molecule has 0 amide bonds. The van der Waals surface area contributed by atoms with Gasteiger partial charge >= 0.3 is 5.69 Å². The number of hydrogen-bond donors (Lipinski definition) is 2. The smallest absolute Gasteiger partial charge is 0.316 e. The molecule has 7 nitrogen and oxygen atoms in total. The van der Waals surface area contributed by atoms with Crippen molar-refractivity contribution in [3.8, 4) is 0 Å². The van der Waals surface area contributed by atoms with E-state index in [2.05, 4.69) is 5.43 Å². The molecule has 0 radical (unpaired) electrons. The Balaban J connectivity index is 2.44. The van der Waals surface area contributed by atoms with Gasteiger partial charge in [-0.25, -0.2) is 0 Å². The highest BCUT2D eigenvalue weighted by molar-refractivity contribution is 5.77. The van der Waals surface area contributed by atoms with Crippen LogP contribution in [0.25, 0.3) is 0 Å². The molecule has 1 heterocycles. The van der Waals surface area contributed by atoms with Gasteiger partial charge in [0.1, 0.15) is 11.4 Å². The first-order valence-corrected chi connectivity index (χ1v) is 6.51. The first-order chi connectivity index (χ1) is 9.34. The van der Waals surface area contributed by atoms with Crippen LogP contribution in [0.5, 0.6) is 0 Å². The van der Waals surface area contributed by atoms with Crippen molar-refractivity contribution in [3.63, 3.8) is 0 Å². The van der Waals surface area contributed by atoms with Crippen molar-refractivity contribution < 1.29 is 9.66 Å². The first kappa shape index (κ1) is 14.5. The van der Waals surface area contributed by atoms with Gasteiger partial charge in [0.15, 0.2) is 0 Å². The molecule has 1 aliphatic heterocycles. The van der Waals surface area contributed by atoms with Gasteiger partial charge in [-0.05, 0) is 32.9 Å². The standard InChI is InChI=1S/C13H20N4O3/c1-9-7-16(8-13(2,3)20-9)11-6-4-5-10(15-14)12(11)17(18)19/h4-6,9,15H,7-8,14H2,1-3H3. The second-order valence-electron chi connectivity index (χ2n) is 5.64. The fourth-order valence-corrected chi connectivity index (χ4v) is 2.73. The SMILES string of the molecule is CC1CN(c2cccc(NN)c2[N+](=O)[O-])CC(C)(C)O1. The molecule has 1 fully saturated rings. The Morgan fingerprint density at radius 2 is 2.25 bits per heavy atom. The molecule has 0 aliphatic carbocycles. The van der Waals surface area contributed by atoms with E-state index in [0.29, 0.717) is 24.5 Å². The molecule has 20 heavy (non-hydrogen) atoms. The zero-order valence-corrected chi connectivity index (χ0v) is 11.9. The Labute approximate surface area is 117 Å². The van der Waals surface area contributed by atoms with Gasteiger partial charge in [0.2, 0.25) is 0 Å². The molecule has 1 aromatic rings. The predicted octanol–water partition coefficient (Wildman–Crippen LogP) is 1.88. The van der Waals surface area contributed by atoms with Gasteiger partial charge in [0, 0.05) is 13.1 Å². The largest absolute Gasteiger partial charge is 0.369 e. The maximum atomic E-state index is 11.3. The molecule has 1 atom stereocenters. The van der Waals surface area contributed by atoms with Crippen LogP contribution in [0.1, 0.15) is 20.8 Å². The highest BCUT2D eigenvalue weighted by Gasteiger charge is 2.34. The Morgan fingerprint density at radius 3 is 2.80 bits per heavy atom. The number of para-hydroxylation sites is 1. The zero-order chi connectivity index (χ0) is 14.9. The Bertz CT molecular complexity index is 518. The molecular formula is C13H20N4O3. The van der Waals surface area contributed by atoms with E-state index in [0.717, 1.165) is 0 Å². The monoisotopic (exact) mass is 280 g/mol. The van der Waals surface area contributed by atoms with Gasteiger partial charge in [-0.15, -0.1) is 0 Å². The van der Waals surface area contributed by atoms with Crippen LogP contribution in [0.2, 0.25) is 0 Å². The molecule has 1 aliphatic rings. The van der Waals surface area contributed by atoms with E-state index in [-0.39, 0.29) is 17.4 Å². The molecular weight excluding hydrogens is 260 g/mol. The predicted molar refractivity (Wildman–Crippen MR) is 77.7 cm³/mol. The minimum absolute atomic E-state index is 0.0000926. The molecule has 110 valence electrons. The van der Waals surface area contributed by atoms with Crippen LogP contribution in [-0.4, -0.2) is 29.7 Å². The minimum Gasteiger partial charge on any atom is -0.369 e. The number of benzene rings is 1. The van der Waals surface area contributed by atoms with Gasteiger partial charge in [0.25, 0.3) is 0 Å². The third-order valence-electron chi connectivity index (χ3n) is 3.26. The first-order valence-electron chi connectivity index (χ1n) is 6.51. The number of rotatable bonds is 3. The zero-order valence-electron chi connectivity index (χ0n) is 11.9. The van der Waals surface area contributed by atoms with Gasteiger partial charge in [-0.1, -0.05) is 6.07 Å². The van der Waals surface area contributed by atoms with Crippen LogP contribution in [0.4, 0.5) is 17.1 Å². The van der Waals surface area contributed by atoms with E-state index in [4.69, 9.17) is 10.6 Å². The quantitative estimate of drug-likeness (QED) is 0.499. The number of anilines is 2. The topological polar surface area (TPSA) is 93.7 Å². The van der Waals surface area contributed by atoms with Crippen LogP contribution in [0, 0.1) is 10.1 Å². The summed E-state index contributed by atoms with van der Waals surface area (Å²) in [5.41, 5.74) is 2.91. The number of hydrazine groups is 1. The number of nitro groups is 1. The normalized spacial score (nSPS) is 21.6. The molecule has 0 aromatic heterocycles. The molecule has 2 rings (SSSR count). The van der Waals surface area contributed by atoms with Crippen LogP contribution >= 0.6 is 0 Å². The number of nitrogens with zero attached hydrogens (tertiary/aromatic N) is 2. The second kappa shape index (κ2) is 5.26. The average molecular weight is 280 g/mol. The van der Waals surface area contributed by atoms with E-state index >= 15 is 0 Å². The summed E-state index contributed by atoms with van der Waals surface area (Å²) in [7, 11) is 0. The highest BCUT2D eigenvalue weighted by Crippen LogP contribution is 2.37. The van der Waals surface area contributed by atoms with Crippen LogP contribution in [-0.2, 0) is 4.74 Å². The fourth-order valence-electron chi connectivity index (χ4n) is 2.73. The minimum atomic E-state index is -0.405. The van der Waals surface area contributed by atoms with Crippen molar-refractivity contribution in [1.29, 1.82) is 0 Å². The van der Waals surface area contributed by atoms with Gasteiger partial charge in [-0.3, -0.25) is 16.0 Å². The van der Waals surface area contributed by atoms with Gasteiger partial charge in [-0.2, -0.15) is 0 Å². The van der Waals surface area contributed by atoms with Gasteiger partial charge < -0.3 is 15.1 Å². The molecule has 0 bridgehead atoms. The summed E-state index contributed by atoms with van der Waals surface area (Å²) in [6.45, 7) is 7.12. The Hall–Kier alpha value is -1.86. The van der Waals surface area contributed by atoms with Crippen molar-refractivity contribution in [2.24, 2.45) is 5.84 Å². The maximum absolute atomic E-state index is 11.3. The lowest BCUT2D eigenvalue weighted by atomic mass is 10.0. The van der Waals surface area contributed by atoms with Crippen LogP contribution in [0.15, 0.2) is 18.2 Å². The Kier molecular flexibility index (Phi) is 3.82. The third kappa shape index (κ3) is 2.83. The number of morpholine rings is 1. The fraction of sp³-hybridized carbons (Fsp3) is 0.538. The molecule has 0 spiro atoms. The van der Waals surface area contributed by atoms with Crippen molar-refractivity contribution in [1.82, 2.24) is 0 Å². The molecule has 1 saturated heterocycles. The third-order valence-corrected chi connectivity index (χ3v) is 3.26. The lowest BCUT2D eigenvalue weighted by Crippen LogP contribution is -2.52. The van der Waals surface area contributed by atoms with Crippen molar-refractivity contribution in [2.45, 2.75) is 32.5 Å². The summed E-state index contributed by atoms with van der Waals surface area (Å²) >= 11 is 0. The molecule has 1 aromatic carbocycles. The average Bonchev–Trinajstić information content (AvgIpc) is 2.35. The summed E-state index contributed by atoms with van der Waals surface area (Å²) in [4.78, 5) is 12.9. The summed E-state index contributed by atoms with van der Waals surface area (Å²) in [5.74, 6) is 5.37.